The van der Waals surface area contributed by atoms with Crippen LogP contribution in [0.3, 0.4) is 0 Å². The van der Waals surface area contributed by atoms with Gasteiger partial charge in [-0.2, -0.15) is 0 Å². The highest BCUT2D eigenvalue weighted by molar-refractivity contribution is 5.80. The van der Waals surface area contributed by atoms with Crippen LogP contribution in [0.2, 0.25) is 0 Å². The van der Waals surface area contributed by atoms with Crippen molar-refractivity contribution < 1.29 is 18.3 Å². The summed E-state index contributed by atoms with van der Waals surface area (Å²) in [4.78, 5) is 9.98. The highest BCUT2D eigenvalue weighted by Crippen LogP contribution is 2.22. The quantitative estimate of drug-likeness (QED) is 0.703. The summed E-state index contributed by atoms with van der Waals surface area (Å²) in [5.41, 5.74) is 1.18. The fourth-order valence-electron chi connectivity index (χ4n) is 1.29. The van der Waals surface area contributed by atoms with Crippen LogP contribution in [-0.2, 0) is 16.1 Å². The maximum Gasteiger partial charge on any atom is 0.293 e. The van der Waals surface area contributed by atoms with Gasteiger partial charge < -0.3 is 9.15 Å². The van der Waals surface area contributed by atoms with Crippen molar-refractivity contribution in [3.05, 3.63) is 35.8 Å². The molecule has 0 radical (unpaired) electrons. The largest absolute Gasteiger partial charge is 0.464 e. The van der Waals surface area contributed by atoms with Gasteiger partial charge in [0.15, 0.2) is 0 Å². The van der Waals surface area contributed by atoms with E-state index < -0.39 is 0 Å². The lowest BCUT2D eigenvalue weighted by molar-refractivity contribution is -0.129. The lowest BCUT2D eigenvalue weighted by Crippen LogP contribution is -1.87. The number of rotatable bonds is 3. The molecule has 0 fully saturated rings. The predicted octanol–water partition coefficient (Wildman–Crippen LogP) is 2.24. The van der Waals surface area contributed by atoms with Gasteiger partial charge in [0.1, 0.15) is 18.0 Å². The molecule has 0 saturated carbocycles. The molecule has 2 aromatic rings. The first-order chi connectivity index (χ1) is 6.81. The number of fused-ring (bicyclic) bond motifs is 1. The molecule has 0 unspecified atom stereocenters. The van der Waals surface area contributed by atoms with E-state index in [1.165, 1.54) is 18.4 Å². The van der Waals surface area contributed by atoms with Crippen molar-refractivity contribution in [3.8, 4) is 0 Å². The summed E-state index contributed by atoms with van der Waals surface area (Å²) in [5, 5.41) is 0.758. The average Bonchev–Trinajstić information content (AvgIpc) is 2.57. The van der Waals surface area contributed by atoms with Gasteiger partial charge in [-0.15, -0.1) is 0 Å². The molecule has 0 aliphatic rings. The second-order valence-corrected chi connectivity index (χ2v) is 2.81. The molecule has 1 heterocycles. The summed E-state index contributed by atoms with van der Waals surface area (Å²) in [5.74, 6) is -0.352. The van der Waals surface area contributed by atoms with Crippen molar-refractivity contribution in [1.82, 2.24) is 0 Å². The number of carbonyl (C=O) groups is 1. The fourth-order valence-corrected chi connectivity index (χ4v) is 1.29. The minimum atomic E-state index is -0.352. The van der Waals surface area contributed by atoms with E-state index >= 15 is 0 Å². The van der Waals surface area contributed by atoms with Gasteiger partial charge in [-0.1, -0.05) is 0 Å². The van der Waals surface area contributed by atoms with Crippen LogP contribution in [0.25, 0.3) is 11.0 Å². The zero-order valence-electron chi connectivity index (χ0n) is 7.20. The first kappa shape index (κ1) is 8.74. The van der Waals surface area contributed by atoms with Crippen LogP contribution < -0.4 is 0 Å². The maximum atomic E-state index is 12.8. The van der Waals surface area contributed by atoms with Crippen LogP contribution in [0.1, 0.15) is 5.56 Å². The molecule has 0 N–H and O–H groups in total. The standard InChI is InChI=1S/C10H7FO3/c11-8-1-2-9-7(4-13-6-12)5-14-10(9)3-8/h1-3,5-6H,4H2. The van der Waals surface area contributed by atoms with Gasteiger partial charge in [0.2, 0.25) is 0 Å². The Morgan fingerprint density at radius 2 is 2.36 bits per heavy atom. The van der Waals surface area contributed by atoms with E-state index in [0.29, 0.717) is 12.1 Å². The first-order valence-electron chi connectivity index (χ1n) is 4.02. The highest BCUT2D eigenvalue weighted by atomic mass is 19.1. The van der Waals surface area contributed by atoms with Crippen LogP contribution in [0.15, 0.2) is 28.9 Å². The number of carbonyl (C=O) groups excluding carboxylic acids is 1. The SMILES string of the molecule is O=COCc1coc2cc(F)ccc12. The van der Waals surface area contributed by atoms with E-state index in [4.69, 9.17) is 4.42 Å². The summed E-state index contributed by atoms with van der Waals surface area (Å²) >= 11 is 0. The molecule has 3 nitrogen and oxygen atoms in total. The zero-order valence-corrected chi connectivity index (χ0v) is 7.20. The van der Waals surface area contributed by atoms with Crippen molar-refractivity contribution in [3.63, 3.8) is 0 Å². The Kier molecular flexibility index (Phi) is 2.18. The van der Waals surface area contributed by atoms with Crippen molar-refractivity contribution in [2.75, 3.05) is 0 Å². The number of ether oxygens (including phenoxy) is 1. The fraction of sp³-hybridized carbons (Fsp3) is 0.100. The minimum absolute atomic E-state index is 0.141. The van der Waals surface area contributed by atoms with Gasteiger partial charge >= 0.3 is 0 Å². The smallest absolute Gasteiger partial charge is 0.293 e. The predicted molar refractivity (Wildman–Crippen MR) is 47.0 cm³/mol. The third-order valence-corrected chi connectivity index (χ3v) is 1.92. The Balaban J connectivity index is 2.42. The van der Waals surface area contributed by atoms with Crippen LogP contribution in [0.5, 0.6) is 0 Å². The van der Waals surface area contributed by atoms with Crippen molar-refractivity contribution in [1.29, 1.82) is 0 Å². The molecule has 1 aromatic heterocycles. The number of hydrogen-bond acceptors (Lipinski definition) is 3. The lowest BCUT2D eigenvalue weighted by Gasteiger charge is -1.94. The number of benzene rings is 1. The molecule has 14 heavy (non-hydrogen) atoms. The normalized spacial score (nSPS) is 10.4. The lowest BCUT2D eigenvalue weighted by atomic mass is 10.2. The molecule has 4 heteroatoms. The molecule has 0 spiro atoms. The van der Waals surface area contributed by atoms with Crippen molar-refractivity contribution in [2.24, 2.45) is 0 Å². The third kappa shape index (κ3) is 1.46. The molecule has 72 valence electrons. The van der Waals surface area contributed by atoms with Gasteiger partial charge in [0, 0.05) is 17.0 Å². The number of halogens is 1. The molecular weight excluding hydrogens is 187 g/mol. The summed E-state index contributed by atoms with van der Waals surface area (Å²) in [6.07, 6.45) is 1.45. The summed E-state index contributed by atoms with van der Waals surface area (Å²) in [7, 11) is 0. The van der Waals surface area contributed by atoms with Crippen molar-refractivity contribution >= 4 is 17.4 Å². The molecule has 0 aliphatic heterocycles. The van der Waals surface area contributed by atoms with E-state index in [9.17, 15) is 9.18 Å². The zero-order chi connectivity index (χ0) is 9.97. The van der Waals surface area contributed by atoms with E-state index in [1.54, 1.807) is 6.07 Å². The second kappa shape index (κ2) is 3.49. The van der Waals surface area contributed by atoms with Gasteiger partial charge in [-0.05, 0) is 12.1 Å². The van der Waals surface area contributed by atoms with Gasteiger partial charge in [0.25, 0.3) is 6.47 Å². The van der Waals surface area contributed by atoms with E-state index in [0.717, 1.165) is 10.9 Å². The van der Waals surface area contributed by atoms with Crippen LogP contribution >= 0.6 is 0 Å². The van der Waals surface area contributed by atoms with Crippen molar-refractivity contribution in [2.45, 2.75) is 6.61 Å². The maximum absolute atomic E-state index is 12.8. The summed E-state index contributed by atoms with van der Waals surface area (Å²) in [6.45, 7) is 0.504. The van der Waals surface area contributed by atoms with E-state index in [-0.39, 0.29) is 12.4 Å². The average molecular weight is 194 g/mol. The van der Waals surface area contributed by atoms with E-state index in [1.807, 2.05) is 0 Å². The Morgan fingerprint density at radius 1 is 1.50 bits per heavy atom. The number of hydrogen-bond donors (Lipinski definition) is 0. The van der Waals surface area contributed by atoms with Gasteiger partial charge in [0.05, 0.1) is 6.26 Å². The Hall–Kier alpha value is -1.84. The van der Waals surface area contributed by atoms with E-state index in [2.05, 4.69) is 4.74 Å². The van der Waals surface area contributed by atoms with Gasteiger partial charge in [-0.3, -0.25) is 4.79 Å². The second-order valence-electron chi connectivity index (χ2n) is 2.81. The minimum Gasteiger partial charge on any atom is -0.464 e. The Labute approximate surface area is 79.1 Å². The summed E-state index contributed by atoms with van der Waals surface area (Å²) in [6, 6.07) is 4.22. The number of furan rings is 1. The topological polar surface area (TPSA) is 39.4 Å². The highest BCUT2D eigenvalue weighted by Gasteiger charge is 2.06. The first-order valence-corrected chi connectivity index (χ1v) is 4.02. The molecule has 2 rings (SSSR count). The monoisotopic (exact) mass is 194 g/mol. The molecule has 0 bridgehead atoms. The Morgan fingerprint density at radius 3 is 3.14 bits per heavy atom. The molecule has 0 atom stereocenters. The molecule has 0 amide bonds. The van der Waals surface area contributed by atoms with Crippen LogP contribution in [-0.4, -0.2) is 6.47 Å². The van der Waals surface area contributed by atoms with Crippen LogP contribution in [0.4, 0.5) is 4.39 Å². The third-order valence-electron chi connectivity index (χ3n) is 1.92. The molecule has 0 aliphatic carbocycles. The molecule has 0 saturated heterocycles. The Bertz CT molecular complexity index is 461. The van der Waals surface area contributed by atoms with Crippen LogP contribution in [0, 0.1) is 5.82 Å². The molecule has 1 aromatic carbocycles. The molecular formula is C10H7FO3. The summed E-state index contributed by atoms with van der Waals surface area (Å²) < 4.78 is 22.4. The van der Waals surface area contributed by atoms with Gasteiger partial charge in [-0.25, -0.2) is 4.39 Å².